The normalized spacial score (nSPS) is 14.9. The minimum atomic E-state index is -0.753. The van der Waals surface area contributed by atoms with Crippen molar-refractivity contribution in [1.29, 1.82) is 0 Å². The molecule has 1 unspecified atom stereocenters. The quantitative estimate of drug-likeness (QED) is 0.527. The van der Waals surface area contributed by atoms with Crippen LogP contribution in [0.25, 0.3) is 0 Å². The number of carbonyl (C=O) groups excluding carboxylic acids is 2. The average molecular weight is 482 g/mol. The molecule has 3 aromatic rings. The lowest BCUT2D eigenvalue weighted by molar-refractivity contribution is -0.136. The number of hydrogen-bond acceptors (Lipinski definition) is 5. The molecule has 1 aromatic heterocycles. The maximum atomic E-state index is 14.2. The van der Waals surface area contributed by atoms with Gasteiger partial charge in [-0.3, -0.25) is 19.5 Å². The van der Waals surface area contributed by atoms with Crippen molar-refractivity contribution >= 4 is 34.8 Å². The van der Waals surface area contributed by atoms with Crippen LogP contribution in [0, 0.1) is 5.82 Å². The summed E-state index contributed by atoms with van der Waals surface area (Å²) in [4.78, 5) is 33.2. The summed E-state index contributed by atoms with van der Waals surface area (Å²) in [6, 6.07) is 16.9. The van der Waals surface area contributed by atoms with Crippen LogP contribution in [0.15, 0.2) is 73.1 Å². The van der Waals surface area contributed by atoms with Crippen molar-refractivity contribution < 1.29 is 14.0 Å². The maximum Gasteiger partial charge on any atom is 0.313 e. The van der Waals surface area contributed by atoms with Crippen LogP contribution >= 0.6 is 11.6 Å². The number of nitrogens with zero attached hydrogens (tertiary/aromatic N) is 3. The van der Waals surface area contributed by atoms with E-state index in [1.54, 1.807) is 48.8 Å². The number of piperazine rings is 1. The largest absolute Gasteiger partial charge is 0.367 e. The highest BCUT2D eigenvalue weighted by Gasteiger charge is 2.27. The van der Waals surface area contributed by atoms with E-state index in [0.29, 0.717) is 42.6 Å². The number of carbonyl (C=O) groups is 2. The number of para-hydroxylation sites is 1. The molecule has 2 N–H and O–H groups in total. The van der Waals surface area contributed by atoms with Crippen LogP contribution < -0.4 is 15.5 Å². The molecule has 1 atom stereocenters. The van der Waals surface area contributed by atoms with Gasteiger partial charge in [0.15, 0.2) is 0 Å². The molecule has 2 heterocycles. The Morgan fingerprint density at radius 3 is 2.38 bits per heavy atom. The van der Waals surface area contributed by atoms with Crippen LogP contribution in [0.3, 0.4) is 0 Å². The van der Waals surface area contributed by atoms with E-state index in [1.165, 1.54) is 6.07 Å². The van der Waals surface area contributed by atoms with Gasteiger partial charge in [-0.25, -0.2) is 4.39 Å². The third kappa shape index (κ3) is 5.89. The molecule has 2 amide bonds. The third-order valence-electron chi connectivity index (χ3n) is 5.78. The predicted octanol–water partition coefficient (Wildman–Crippen LogP) is 3.49. The lowest BCUT2D eigenvalue weighted by Gasteiger charge is -2.40. The first-order valence-corrected chi connectivity index (χ1v) is 11.4. The van der Waals surface area contributed by atoms with Gasteiger partial charge in [0.1, 0.15) is 5.82 Å². The first-order valence-electron chi connectivity index (χ1n) is 11.0. The zero-order valence-corrected chi connectivity index (χ0v) is 19.2. The number of anilines is 2. The number of pyridine rings is 1. The molecule has 0 bridgehead atoms. The summed E-state index contributed by atoms with van der Waals surface area (Å²) in [6.07, 6.45) is 3.45. The first-order chi connectivity index (χ1) is 16.5. The molecule has 1 fully saturated rings. The van der Waals surface area contributed by atoms with Gasteiger partial charge in [0.05, 0.1) is 11.7 Å². The highest BCUT2D eigenvalue weighted by Crippen LogP contribution is 2.25. The third-order valence-corrected chi connectivity index (χ3v) is 6.03. The Labute approximate surface area is 202 Å². The summed E-state index contributed by atoms with van der Waals surface area (Å²) in [7, 11) is 0. The van der Waals surface area contributed by atoms with Crippen LogP contribution in [0.5, 0.6) is 0 Å². The van der Waals surface area contributed by atoms with E-state index < -0.39 is 11.8 Å². The van der Waals surface area contributed by atoms with Crippen molar-refractivity contribution in [2.24, 2.45) is 0 Å². The molecule has 1 aliphatic heterocycles. The SMILES string of the molecule is O=C(NCC(c1cccnc1)N1CCN(c2ccccc2F)CC1)C(=O)Nc1ccc(Cl)cc1. The van der Waals surface area contributed by atoms with Gasteiger partial charge in [0, 0.05) is 55.8 Å². The van der Waals surface area contributed by atoms with E-state index in [4.69, 9.17) is 11.6 Å². The monoisotopic (exact) mass is 481 g/mol. The van der Waals surface area contributed by atoms with Crippen LogP contribution in [0.2, 0.25) is 5.02 Å². The minimum Gasteiger partial charge on any atom is -0.367 e. The van der Waals surface area contributed by atoms with Crippen LogP contribution in [-0.4, -0.2) is 54.4 Å². The van der Waals surface area contributed by atoms with Gasteiger partial charge in [-0.15, -0.1) is 0 Å². The molecule has 0 radical (unpaired) electrons. The van der Waals surface area contributed by atoms with Gasteiger partial charge < -0.3 is 15.5 Å². The lowest BCUT2D eigenvalue weighted by Crippen LogP contribution is -2.50. The molecule has 0 spiro atoms. The molecule has 1 aliphatic rings. The zero-order valence-electron chi connectivity index (χ0n) is 18.5. The van der Waals surface area contributed by atoms with E-state index in [-0.39, 0.29) is 18.4 Å². The summed E-state index contributed by atoms with van der Waals surface area (Å²) in [6.45, 7) is 2.85. The smallest absolute Gasteiger partial charge is 0.313 e. The molecule has 0 aliphatic carbocycles. The molecule has 2 aromatic carbocycles. The predicted molar refractivity (Wildman–Crippen MR) is 130 cm³/mol. The topological polar surface area (TPSA) is 77.6 Å². The number of halogens is 2. The molecule has 9 heteroatoms. The van der Waals surface area contributed by atoms with Gasteiger partial charge in [0.2, 0.25) is 0 Å². The van der Waals surface area contributed by atoms with Crippen molar-refractivity contribution in [1.82, 2.24) is 15.2 Å². The Bertz CT molecular complexity index is 1120. The summed E-state index contributed by atoms with van der Waals surface area (Å²) in [5.74, 6) is -1.72. The second kappa shape index (κ2) is 11.1. The number of hydrogen-bond donors (Lipinski definition) is 2. The maximum absolute atomic E-state index is 14.2. The van der Waals surface area contributed by atoms with Gasteiger partial charge >= 0.3 is 11.8 Å². The van der Waals surface area contributed by atoms with Gasteiger partial charge in [0.25, 0.3) is 0 Å². The highest BCUT2D eigenvalue weighted by molar-refractivity contribution is 6.39. The van der Waals surface area contributed by atoms with Gasteiger partial charge in [-0.1, -0.05) is 29.8 Å². The Morgan fingerprint density at radius 2 is 1.71 bits per heavy atom. The fraction of sp³-hybridized carbons (Fsp3) is 0.240. The number of benzene rings is 2. The van der Waals surface area contributed by atoms with E-state index in [1.807, 2.05) is 23.1 Å². The second-order valence-corrected chi connectivity index (χ2v) is 8.38. The standard InChI is InChI=1S/C25H25ClFN5O2/c26-19-7-9-20(10-8-19)30-25(34)24(33)29-17-23(18-4-3-11-28-16-18)32-14-12-31(13-15-32)22-6-2-1-5-21(22)27/h1-11,16,23H,12-15,17H2,(H,29,33)(H,30,34). The minimum absolute atomic E-state index is 0.177. The van der Waals surface area contributed by atoms with E-state index in [9.17, 15) is 14.0 Å². The van der Waals surface area contributed by atoms with Crippen LogP contribution in [0.1, 0.15) is 11.6 Å². The Kier molecular flexibility index (Phi) is 7.72. The molecular formula is C25H25ClFN5O2. The molecule has 1 saturated heterocycles. The molecule has 0 saturated carbocycles. The number of amides is 2. The number of rotatable bonds is 6. The summed E-state index contributed by atoms with van der Waals surface area (Å²) >= 11 is 5.86. The molecule has 7 nitrogen and oxygen atoms in total. The van der Waals surface area contributed by atoms with E-state index in [0.717, 1.165) is 5.56 Å². The fourth-order valence-electron chi connectivity index (χ4n) is 4.00. The Balaban J connectivity index is 1.39. The van der Waals surface area contributed by atoms with E-state index >= 15 is 0 Å². The van der Waals surface area contributed by atoms with Crippen LogP contribution in [-0.2, 0) is 9.59 Å². The summed E-state index contributed by atoms with van der Waals surface area (Å²) in [5.41, 5.74) is 2.00. The molecule has 34 heavy (non-hydrogen) atoms. The van der Waals surface area contributed by atoms with Crippen molar-refractivity contribution in [2.45, 2.75) is 6.04 Å². The molecule has 176 valence electrons. The van der Waals surface area contributed by atoms with E-state index in [2.05, 4.69) is 20.5 Å². The zero-order chi connectivity index (χ0) is 23.9. The summed E-state index contributed by atoms with van der Waals surface area (Å²) in [5, 5.41) is 5.84. The van der Waals surface area contributed by atoms with Crippen molar-refractivity contribution in [3.63, 3.8) is 0 Å². The Morgan fingerprint density at radius 1 is 0.971 bits per heavy atom. The van der Waals surface area contributed by atoms with Gasteiger partial charge in [-0.05, 0) is 48.0 Å². The number of aromatic nitrogens is 1. The van der Waals surface area contributed by atoms with Crippen molar-refractivity contribution in [3.8, 4) is 0 Å². The second-order valence-electron chi connectivity index (χ2n) is 7.95. The lowest BCUT2D eigenvalue weighted by atomic mass is 10.1. The molecule has 4 rings (SSSR count). The number of nitrogens with one attached hydrogen (secondary N) is 2. The molecular weight excluding hydrogens is 457 g/mol. The highest BCUT2D eigenvalue weighted by atomic mass is 35.5. The Hall–Kier alpha value is -3.49. The van der Waals surface area contributed by atoms with Crippen molar-refractivity contribution in [3.05, 3.63) is 89.5 Å². The van der Waals surface area contributed by atoms with Gasteiger partial charge in [-0.2, -0.15) is 0 Å². The average Bonchev–Trinajstić information content (AvgIpc) is 2.87. The first kappa shape index (κ1) is 23.7. The summed E-state index contributed by atoms with van der Waals surface area (Å²) < 4.78 is 14.2. The van der Waals surface area contributed by atoms with Crippen molar-refractivity contribution in [2.75, 3.05) is 42.9 Å². The van der Waals surface area contributed by atoms with Crippen LogP contribution in [0.4, 0.5) is 15.8 Å². The fourth-order valence-corrected chi connectivity index (χ4v) is 4.13.